The summed E-state index contributed by atoms with van der Waals surface area (Å²) in [6.07, 6.45) is 8.48. The number of thiazole rings is 1. The molecule has 8 nitrogen and oxygen atoms in total. The van der Waals surface area contributed by atoms with Gasteiger partial charge >= 0.3 is 0 Å². The zero-order chi connectivity index (χ0) is 27.1. The molecule has 6 rings (SSSR count). The van der Waals surface area contributed by atoms with Crippen LogP contribution in [-0.2, 0) is 6.54 Å². The number of aromatic nitrogens is 1. The van der Waals surface area contributed by atoms with Gasteiger partial charge in [-0.15, -0.1) is 0 Å². The van der Waals surface area contributed by atoms with Crippen LogP contribution in [0.4, 0.5) is 5.69 Å². The Morgan fingerprint density at radius 2 is 1.77 bits per heavy atom. The number of hydrogen-bond acceptors (Lipinski definition) is 9. The average molecular weight is 601 g/mol. The molecule has 210 valence electrons. The summed E-state index contributed by atoms with van der Waals surface area (Å²) in [4.78, 5) is 3.14. The number of nitrogens with zero attached hydrogens (tertiary/aromatic N) is 2. The number of furan rings is 2. The second kappa shape index (κ2) is 11.8. The van der Waals surface area contributed by atoms with Crippen LogP contribution < -0.4 is 31.3 Å². The van der Waals surface area contributed by atoms with E-state index in [4.69, 9.17) is 18.3 Å². The maximum Gasteiger partial charge on any atom is 0.263 e. The van der Waals surface area contributed by atoms with Crippen molar-refractivity contribution in [2.24, 2.45) is 0 Å². The molecule has 4 heterocycles. The monoisotopic (exact) mass is 600 g/mol. The van der Waals surface area contributed by atoms with E-state index in [0.717, 1.165) is 64.9 Å². The molecular formula is C29H29ClN2O6S2. The maximum atomic E-state index is 9.92. The molecule has 1 aliphatic rings. The predicted molar refractivity (Wildman–Crippen MR) is 155 cm³/mol. The molecule has 0 spiro atoms. The molecule has 0 atom stereocenters. The largest absolute Gasteiger partial charge is 1.00 e. The summed E-state index contributed by atoms with van der Waals surface area (Å²) >= 11 is 3.29. The number of halogens is 1. The molecule has 5 aromatic rings. The standard InChI is InChI=1S/C29H29N2O6S2.ClH/c1-4-17(13-24-30(7-9-32)26-19-6-12-36-28(19)21(35-3)16-22(26)38-24)14-25-31(8-10-33)27-23(39-25)15-20(34-2)18-5-11-37-29(18)27;/h5-6,11-16,32-33H,4,7-10H2,1-3H3;1H/q+1;/p-1. The highest BCUT2D eigenvalue weighted by Crippen LogP contribution is 2.52. The Balaban J connectivity index is 0.00000323. The number of benzene rings is 2. The van der Waals surface area contributed by atoms with Gasteiger partial charge in [-0.1, -0.05) is 30.0 Å². The van der Waals surface area contributed by atoms with Crippen molar-refractivity contribution >= 4 is 67.0 Å². The van der Waals surface area contributed by atoms with Gasteiger partial charge in [0.2, 0.25) is 5.52 Å². The normalized spacial score (nSPS) is 14.5. The molecule has 0 amide bonds. The van der Waals surface area contributed by atoms with Crippen LogP contribution >= 0.6 is 23.1 Å². The predicted octanol–water partition coefficient (Wildman–Crippen LogP) is 2.93. The lowest BCUT2D eigenvalue weighted by Crippen LogP contribution is -3.00. The molecule has 3 aromatic heterocycles. The van der Waals surface area contributed by atoms with Crippen LogP contribution in [0, 0.1) is 0 Å². The van der Waals surface area contributed by atoms with Gasteiger partial charge in [-0.3, -0.25) is 0 Å². The minimum atomic E-state index is 0. The van der Waals surface area contributed by atoms with Crippen molar-refractivity contribution < 1.29 is 45.5 Å². The molecule has 0 radical (unpaired) electrons. The Bertz CT molecular complexity index is 1750. The van der Waals surface area contributed by atoms with Crippen molar-refractivity contribution in [1.29, 1.82) is 0 Å². The smallest absolute Gasteiger partial charge is 0.263 e. The number of aliphatic hydroxyl groups is 2. The van der Waals surface area contributed by atoms with E-state index in [1.165, 1.54) is 0 Å². The molecule has 0 saturated heterocycles. The Morgan fingerprint density at radius 1 is 1.02 bits per heavy atom. The van der Waals surface area contributed by atoms with Crippen LogP contribution in [0.2, 0.25) is 0 Å². The molecule has 0 aliphatic carbocycles. The van der Waals surface area contributed by atoms with Crippen LogP contribution in [-0.4, -0.2) is 44.2 Å². The number of methoxy groups -OCH3 is 2. The Morgan fingerprint density at radius 3 is 2.48 bits per heavy atom. The number of β-amino-alcohol motifs (C(OH)–C–C–N with tert-alkyl or cyclic N) is 1. The zero-order valence-electron chi connectivity index (χ0n) is 22.3. The van der Waals surface area contributed by atoms with Crippen molar-refractivity contribution in [2.45, 2.75) is 24.8 Å². The zero-order valence-corrected chi connectivity index (χ0v) is 24.7. The lowest BCUT2D eigenvalue weighted by Gasteiger charge is -2.20. The number of anilines is 1. The fraction of sp³-hybridized carbons (Fsp3) is 0.276. The molecule has 0 unspecified atom stereocenters. The summed E-state index contributed by atoms with van der Waals surface area (Å²) in [6.45, 7) is 3.05. The van der Waals surface area contributed by atoms with E-state index in [2.05, 4.69) is 28.5 Å². The van der Waals surface area contributed by atoms with Crippen molar-refractivity contribution in [1.82, 2.24) is 0 Å². The van der Waals surface area contributed by atoms with E-state index >= 15 is 0 Å². The molecule has 0 bridgehead atoms. The summed E-state index contributed by atoms with van der Waals surface area (Å²) in [5.41, 5.74) is 4.53. The molecule has 2 aromatic carbocycles. The summed E-state index contributed by atoms with van der Waals surface area (Å²) in [6, 6.07) is 7.88. The van der Waals surface area contributed by atoms with Crippen LogP contribution in [0.15, 0.2) is 67.2 Å². The number of allylic oxidation sites excluding steroid dienone is 2. The minimum Gasteiger partial charge on any atom is -1.00 e. The highest BCUT2D eigenvalue weighted by atomic mass is 35.5. The van der Waals surface area contributed by atoms with Crippen LogP contribution in [0.3, 0.4) is 0 Å². The lowest BCUT2D eigenvalue weighted by molar-refractivity contribution is -0.669. The first-order chi connectivity index (χ1) is 19.1. The molecule has 11 heteroatoms. The quantitative estimate of drug-likeness (QED) is 0.250. The van der Waals surface area contributed by atoms with Crippen molar-refractivity contribution in [3.8, 4) is 11.5 Å². The number of hydrogen-bond donors (Lipinski definition) is 2. The third kappa shape index (κ3) is 4.63. The second-order valence-electron chi connectivity index (χ2n) is 9.03. The molecule has 0 saturated carbocycles. The number of rotatable bonds is 9. The lowest BCUT2D eigenvalue weighted by atomic mass is 10.1. The number of thioether (sulfide) groups is 1. The maximum absolute atomic E-state index is 9.92. The third-order valence-electron chi connectivity index (χ3n) is 6.90. The highest BCUT2D eigenvalue weighted by molar-refractivity contribution is 8.03. The Kier molecular flexibility index (Phi) is 8.34. The molecule has 40 heavy (non-hydrogen) atoms. The van der Waals surface area contributed by atoms with Crippen molar-refractivity contribution in [3.63, 3.8) is 0 Å². The van der Waals surface area contributed by atoms with E-state index < -0.39 is 0 Å². The summed E-state index contributed by atoms with van der Waals surface area (Å²) in [5.74, 6) is 1.45. The fourth-order valence-electron chi connectivity index (χ4n) is 5.12. The van der Waals surface area contributed by atoms with Gasteiger partial charge in [0.1, 0.15) is 22.7 Å². The first kappa shape index (κ1) is 28.4. The van der Waals surface area contributed by atoms with E-state index in [9.17, 15) is 10.2 Å². The second-order valence-corrected chi connectivity index (χ2v) is 11.2. The van der Waals surface area contributed by atoms with E-state index in [0.29, 0.717) is 24.4 Å². The van der Waals surface area contributed by atoms with Gasteiger partial charge in [0.05, 0.1) is 49.2 Å². The van der Waals surface area contributed by atoms with Gasteiger partial charge in [-0.2, -0.15) is 4.57 Å². The number of ether oxygens (including phenoxy) is 2. The number of aliphatic hydroxyl groups excluding tert-OH is 2. The Labute approximate surface area is 245 Å². The SMILES string of the molecule is CCC(/C=C1\Sc2cc(OC)c3ccoc3c2N1CCO)=C\c1sc2cc(OC)c3occc3c2[n+]1CCO.[Cl-]. The van der Waals surface area contributed by atoms with Crippen LogP contribution in [0.1, 0.15) is 18.4 Å². The first-order valence-corrected chi connectivity index (χ1v) is 14.3. The summed E-state index contributed by atoms with van der Waals surface area (Å²) in [7, 11) is 3.30. The Hall–Kier alpha value is -3.15. The van der Waals surface area contributed by atoms with Gasteiger partial charge in [0.25, 0.3) is 5.01 Å². The topological polar surface area (TPSA) is 92.3 Å². The van der Waals surface area contributed by atoms with Crippen molar-refractivity contribution in [3.05, 3.63) is 58.5 Å². The van der Waals surface area contributed by atoms with Gasteiger partial charge < -0.3 is 45.8 Å². The van der Waals surface area contributed by atoms with E-state index in [1.54, 1.807) is 49.8 Å². The van der Waals surface area contributed by atoms with Gasteiger partial charge in [0.15, 0.2) is 23.5 Å². The highest BCUT2D eigenvalue weighted by Gasteiger charge is 2.31. The summed E-state index contributed by atoms with van der Waals surface area (Å²) < 4.78 is 26.0. The van der Waals surface area contributed by atoms with Gasteiger partial charge in [-0.25, -0.2) is 0 Å². The van der Waals surface area contributed by atoms with Crippen LogP contribution in [0.5, 0.6) is 11.5 Å². The average Bonchev–Trinajstić information content (AvgIpc) is 3.73. The van der Waals surface area contributed by atoms with Crippen molar-refractivity contribution in [2.75, 3.05) is 38.9 Å². The fourth-order valence-corrected chi connectivity index (χ4v) is 7.53. The number of fused-ring (bicyclic) bond motifs is 6. The molecule has 0 fully saturated rings. The molecule has 2 N–H and O–H groups in total. The third-order valence-corrected chi connectivity index (χ3v) is 9.05. The minimum absolute atomic E-state index is 0. The van der Waals surface area contributed by atoms with E-state index in [-0.39, 0.29) is 25.6 Å². The van der Waals surface area contributed by atoms with Gasteiger partial charge in [0, 0.05) is 23.6 Å². The molecule has 1 aliphatic heterocycles. The summed E-state index contributed by atoms with van der Waals surface area (Å²) in [5, 5.41) is 23.7. The van der Waals surface area contributed by atoms with Crippen LogP contribution in [0.25, 0.3) is 38.2 Å². The van der Waals surface area contributed by atoms with Gasteiger partial charge in [-0.05, 0) is 36.3 Å². The van der Waals surface area contributed by atoms with E-state index in [1.807, 2.05) is 24.3 Å². The first-order valence-electron chi connectivity index (χ1n) is 12.7. The molecular weight excluding hydrogens is 572 g/mol.